The van der Waals surface area contributed by atoms with Gasteiger partial charge in [0.15, 0.2) is 16.6 Å². The summed E-state index contributed by atoms with van der Waals surface area (Å²) < 4.78 is 11.3. The zero-order valence-corrected chi connectivity index (χ0v) is 16.7. The summed E-state index contributed by atoms with van der Waals surface area (Å²) in [5, 5.41) is 16.1. The lowest BCUT2D eigenvalue weighted by atomic mass is 10.1. The third-order valence-electron chi connectivity index (χ3n) is 4.07. The summed E-state index contributed by atoms with van der Waals surface area (Å²) in [5.74, 6) is -1.08. The van der Waals surface area contributed by atoms with Gasteiger partial charge in [0.2, 0.25) is 0 Å². The Hall–Kier alpha value is -3.79. The van der Waals surface area contributed by atoms with Crippen LogP contribution < -0.4 is 20.1 Å². The molecule has 0 aliphatic carbocycles. The molecule has 2 amide bonds. The molecule has 0 aromatic heterocycles. The first-order valence-corrected chi connectivity index (χ1v) is 9.30. The summed E-state index contributed by atoms with van der Waals surface area (Å²) >= 11 is 4.75. The fourth-order valence-corrected chi connectivity index (χ4v) is 2.90. The van der Waals surface area contributed by atoms with Gasteiger partial charge in [-0.25, -0.2) is 0 Å². The summed E-state index contributed by atoms with van der Waals surface area (Å²) in [6.45, 7) is 2.22. The van der Waals surface area contributed by atoms with Crippen LogP contribution in [-0.2, 0) is 16.2 Å². The number of nitrogens with one attached hydrogen (secondary N) is 2. The van der Waals surface area contributed by atoms with Crippen molar-refractivity contribution in [2.75, 3.05) is 6.61 Å². The molecule has 0 unspecified atom stereocenters. The Morgan fingerprint density at radius 1 is 1.07 bits per heavy atom. The number of hydrogen-bond donors (Lipinski definition) is 2. The Kier molecular flexibility index (Phi) is 6.38. The molecule has 1 fully saturated rings. The molecule has 0 atom stereocenters. The summed E-state index contributed by atoms with van der Waals surface area (Å²) in [4.78, 5) is 35.2. The predicted molar refractivity (Wildman–Crippen MR) is 112 cm³/mol. The fraction of sp³-hybridized carbons (Fsp3) is 0.150. The van der Waals surface area contributed by atoms with Gasteiger partial charge in [0.05, 0.1) is 23.2 Å². The van der Waals surface area contributed by atoms with Gasteiger partial charge in [-0.3, -0.25) is 30.3 Å². The Bertz CT molecular complexity index is 1030. The third-order valence-corrected chi connectivity index (χ3v) is 4.27. The van der Waals surface area contributed by atoms with Crippen molar-refractivity contribution in [1.82, 2.24) is 10.6 Å². The second-order valence-electron chi connectivity index (χ2n) is 6.12. The normalized spacial score (nSPS) is 13.4. The van der Waals surface area contributed by atoms with Crippen LogP contribution in [0.25, 0.3) is 6.08 Å². The molecule has 3 rings (SSSR count). The van der Waals surface area contributed by atoms with Crippen molar-refractivity contribution in [3.8, 4) is 11.5 Å². The van der Waals surface area contributed by atoms with Crippen molar-refractivity contribution in [2.45, 2.75) is 13.5 Å². The number of rotatable bonds is 7. The lowest BCUT2D eigenvalue weighted by Crippen LogP contribution is -2.51. The Balaban J connectivity index is 2.01. The molecule has 30 heavy (non-hydrogen) atoms. The second kappa shape index (κ2) is 9.14. The molecule has 0 bridgehead atoms. The summed E-state index contributed by atoms with van der Waals surface area (Å²) in [6, 6.07) is 11.9. The van der Waals surface area contributed by atoms with E-state index < -0.39 is 16.7 Å². The first-order chi connectivity index (χ1) is 14.4. The number of nitrogens with zero attached hydrogens (tertiary/aromatic N) is 1. The minimum atomic E-state index is -0.750. The first kappa shape index (κ1) is 20.9. The average molecular weight is 427 g/mol. The number of hydrogen-bond acceptors (Lipinski definition) is 7. The van der Waals surface area contributed by atoms with Gasteiger partial charge in [0.1, 0.15) is 12.2 Å². The van der Waals surface area contributed by atoms with Crippen LogP contribution in [0.5, 0.6) is 11.5 Å². The van der Waals surface area contributed by atoms with E-state index in [0.29, 0.717) is 0 Å². The largest absolute Gasteiger partial charge is 0.490 e. The molecular formula is C20H17N3O6S. The van der Waals surface area contributed by atoms with Gasteiger partial charge in [0.25, 0.3) is 17.5 Å². The van der Waals surface area contributed by atoms with E-state index in [-0.39, 0.29) is 46.6 Å². The highest BCUT2D eigenvalue weighted by molar-refractivity contribution is 7.80. The predicted octanol–water partition coefficient (Wildman–Crippen LogP) is 2.49. The average Bonchev–Trinajstić information content (AvgIpc) is 2.70. The quantitative estimate of drug-likeness (QED) is 0.229. The Labute approximate surface area is 176 Å². The zero-order valence-electron chi connectivity index (χ0n) is 15.8. The molecule has 1 aliphatic rings. The van der Waals surface area contributed by atoms with Gasteiger partial charge in [-0.1, -0.05) is 30.3 Å². The van der Waals surface area contributed by atoms with Crippen LogP contribution in [0.1, 0.15) is 18.1 Å². The van der Waals surface area contributed by atoms with E-state index in [1.807, 2.05) is 30.3 Å². The monoisotopic (exact) mass is 427 g/mol. The molecule has 0 radical (unpaired) electrons. The van der Waals surface area contributed by atoms with Crippen molar-refractivity contribution >= 4 is 40.9 Å². The molecule has 2 aromatic carbocycles. The maximum atomic E-state index is 12.1. The van der Waals surface area contributed by atoms with E-state index in [1.165, 1.54) is 12.1 Å². The molecule has 0 spiro atoms. The number of nitro benzene ring substituents is 1. The second-order valence-corrected chi connectivity index (χ2v) is 6.53. The van der Waals surface area contributed by atoms with Crippen molar-refractivity contribution in [3.05, 3.63) is 69.3 Å². The van der Waals surface area contributed by atoms with Crippen LogP contribution in [0.15, 0.2) is 48.0 Å². The van der Waals surface area contributed by atoms with Gasteiger partial charge in [0, 0.05) is 0 Å². The number of benzene rings is 2. The van der Waals surface area contributed by atoms with E-state index >= 15 is 0 Å². The zero-order chi connectivity index (χ0) is 21.7. The van der Waals surface area contributed by atoms with Gasteiger partial charge in [-0.2, -0.15) is 0 Å². The highest BCUT2D eigenvalue weighted by atomic mass is 32.1. The third kappa shape index (κ3) is 4.78. The maximum Gasteiger partial charge on any atom is 0.280 e. The molecule has 2 aromatic rings. The van der Waals surface area contributed by atoms with Crippen LogP contribution in [0.4, 0.5) is 5.69 Å². The molecule has 1 saturated heterocycles. The number of nitro groups is 1. The van der Waals surface area contributed by atoms with Gasteiger partial charge >= 0.3 is 0 Å². The SMILES string of the molecule is CCOc1cc(C=C2C(=O)NC(=S)NC2=O)c([N+](=O)[O-])cc1OCc1ccccc1. The van der Waals surface area contributed by atoms with Crippen LogP contribution in [0, 0.1) is 10.1 Å². The highest BCUT2D eigenvalue weighted by Gasteiger charge is 2.28. The fourth-order valence-electron chi connectivity index (χ4n) is 2.72. The highest BCUT2D eigenvalue weighted by Crippen LogP contribution is 2.36. The lowest BCUT2D eigenvalue weighted by molar-refractivity contribution is -0.385. The van der Waals surface area contributed by atoms with Crippen LogP contribution in [-0.4, -0.2) is 28.5 Å². The van der Waals surface area contributed by atoms with E-state index in [1.54, 1.807) is 6.92 Å². The first-order valence-electron chi connectivity index (χ1n) is 8.89. The van der Waals surface area contributed by atoms with E-state index in [2.05, 4.69) is 10.6 Å². The molecule has 1 aliphatic heterocycles. The minimum absolute atomic E-state index is 0.0172. The molecule has 154 valence electrons. The van der Waals surface area contributed by atoms with Gasteiger partial charge in [-0.05, 0) is 36.8 Å². The van der Waals surface area contributed by atoms with Gasteiger partial charge < -0.3 is 9.47 Å². The topological polar surface area (TPSA) is 120 Å². The summed E-state index contributed by atoms with van der Waals surface area (Å²) in [7, 11) is 0. The van der Waals surface area contributed by atoms with Crippen molar-refractivity contribution < 1.29 is 24.0 Å². The van der Waals surface area contributed by atoms with Crippen LogP contribution in [0.2, 0.25) is 0 Å². The number of carbonyl (C=O) groups excluding carboxylic acids is 2. The van der Waals surface area contributed by atoms with Crippen molar-refractivity contribution in [3.63, 3.8) is 0 Å². The number of carbonyl (C=O) groups is 2. The smallest absolute Gasteiger partial charge is 0.280 e. The lowest BCUT2D eigenvalue weighted by Gasteiger charge is -2.17. The molecule has 10 heteroatoms. The molecule has 1 heterocycles. The van der Waals surface area contributed by atoms with Gasteiger partial charge in [-0.15, -0.1) is 0 Å². The molecule has 2 N–H and O–H groups in total. The van der Waals surface area contributed by atoms with Crippen LogP contribution in [0.3, 0.4) is 0 Å². The Morgan fingerprint density at radius 3 is 2.30 bits per heavy atom. The van der Waals surface area contributed by atoms with Crippen molar-refractivity contribution in [2.24, 2.45) is 0 Å². The maximum absolute atomic E-state index is 12.1. The summed E-state index contributed by atoms with van der Waals surface area (Å²) in [6.07, 6.45) is 1.12. The van der Waals surface area contributed by atoms with Crippen molar-refractivity contribution in [1.29, 1.82) is 0 Å². The van der Waals surface area contributed by atoms with E-state index in [4.69, 9.17) is 21.7 Å². The number of amides is 2. The van der Waals surface area contributed by atoms with E-state index in [0.717, 1.165) is 11.6 Å². The summed E-state index contributed by atoms with van der Waals surface area (Å²) in [5.41, 5.74) is 0.235. The number of ether oxygens (including phenoxy) is 2. The minimum Gasteiger partial charge on any atom is -0.490 e. The standard InChI is InChI=1S/C20H17N3O6S/c1-2-28-16-9-13(8-14-18(24)21-20(30)22-19(14)25)15(23(26)27)10-17(16)29-11-12-6-4-3-5-7-12/h3-10H,2,11H2,1H3,(H2,21,22,24,25,30). The van der Waals surface area contributed by atoms with Crippen LogP contribution >= 0.6 is 12.2 Å². The Morgan fingerprint density at radius 2 is 1.70 bits per heavy atom. The number of thiocarbonyl (C=S) groups is 1. The molecule has 0 saturated carbocycles. The van der Waals surface area contributed by atoms with E-state index in [9.17, 15) is 19.7 Å². The molecular weight excluding hydrogens is 410 g/mol. The molecule has 9 nitrogen and oxygen atoms in total.